The smallest absolute Gasteiger partial charge is 0.251 e. The summed E-state index contributed by atoms with van der Waals surface area (Å²) in [6, 6.07) is 10.8. The Hall–Kier alpha value is -1.39. The monoisotopic (exact) mass is 355 g/mol. The van der Waals surface area contributed by atoms with E-state index in [2.05, 4.69) is 21.2 Å². The average Bonchev–Trinajstić information content (AvgIpc) is 2.41. The molecular weight excluding hydrogens is 345 g/mol. The van der Waals surface area contributed by atoms with Gasteiger partial charge in [-0.15, -0.1) is 0 Å². The third kappa shape index (κ3) is 3.58. The van der Waals surface area contributed by atoms with Crippen molar-refractivity contribution in [1.82, 2.24) is 5.32 Å². The van der Waals surface area contributed by atoms with E-state index >= 15 is 0 Å². The summed E-state index contributed by atoms with van der Waals surface area (Å²) >= 11 is 9.16. The summed E-state index contributed by atoms with van der Waals surface area (Å²) in [5.41, 5.74) is 1.20. The first kappa shape index (κ1) is 15.0. The van der Waals surface area contributed by atoms with E-state index < -0.39 is 0 Å². The summed E-state index contributed by atoms with van der Waals surface area (Å²) in [7, 11) is 0. The zero-order valence-corrected chi connectivity index (χ0v) is 13.0. The number of hydrogen-bond acceptors (Lipinski definition) is 1. The summed E-state index contributed by atoms with van der Waals surface area (Å²) in [4.78, 5) is 12.1. The second-order valence-corrected chi connectivity index (χ2v) is 5.64. The van der Waals surface area contributed by atoms with Crippen LogP contribution in [0.4, 0.5) is 4.39 Å². The molecule has 0 bridgehead atoms. The standard InChI is InChI=1S/C15H12BrClFNO/c1-9(10-3-2-4-12(18)7-10)19-15(20)11-5-6-14(17)13(16)8-11/h2-9H,1H3,(H,19,20). The topological polar surface area (TPSA) is 29.1 Å². The van der Waals surface area contributed by atoms with E-state index in [9.17, 15) is 9.18 Å². The predicted molar refractivity (Wildman–Crippen MR) is 81.4 cm³/mol. The van der Waals surface area contributed by atoms with Crippen LogP contribution in [0.25, 0.3) is 0 Å². The van der Waals surface area contributed by atoms with Crippen molar-refractivity contribution in [3.05, 3.63) is 68.9 Å². The van der Waals surface area contributed by atoms with Gasteiger partial charge in [-0.05, 0) is 58.7 Å². The van der Waals surface area contributed by atoms with Gasteiger partial charge in [0.05, 0.1) is 11.1 Å². The SMILES string of the molecule is CC(NC(=O)c1ccc(Cl)c(Br)c1)c1cccc(F)c1. The molecule has 0 aliphatic carbocycles. The molecule has 0 spiro atoms. The molecule has 104 valence electrons. The molecule has 1 N–H and O–H groups in total. The molecule has 0 fully saturated rings. The number of rotatable bonds is 3. The van der Waals surface area contributed by atoms with E-state index in [1.54, 1.807) is 37.3 Å². The van der Waals surface area contributed by atoms with E-state index in [-0.39, 0.29) is 17.8 Å². The lowest BCUT2D eigenvalue weighted by Crippen LogP contribution is -2.26. The molecular formula is C15H12BrClFNO. The van der Waals surface area contributed by atoms with E-state index in [1.165, 1.54) is 12.1 Å². The van der Waals surface area contributed by atoms with Crippen molar-refractivity contribution < 1.29 is 9.18 Å². The number of carbonyl (C=O) groups is 1. The van der Waals surface area contributed by atoms with Crippen LogP contribution in [0.15, 0.2) is 46.9 Å². The van der Waals surface area contributed by atoms with Gasteiger partial charge in [0, 0.05) is 10.0 Å². The first-order valence-corrected chi connectivity index (χ1v) is 7.16. The molecule has 0 aliphatic heterocycles. The molecule has 0 radical (unpaired) electrons. The van der Waals surface area contributed by atoms with Gasteiger partial charge in [-0.1, -0.05) is 23.7 Å². The van der Waals surface area contributed by atoms with Crippen LogP contribution in [0.2, 0.25) is 5.02 Å². The highest BCUT2D eigenvalue weighted by Gasteiger charge is 2.12. The van der Waals surface area contributed by atoms with Crippen molar-refractivity contribution in [2.45, 2.75) is 13.0 Å². The Bertz CT molecular complexity index is 648. The first-order valence-electron chi connectivity index (χ1n) is 5.99. The molecule has 0 saturated carbocycles. The molecule has 0 aromatic heterocycles. The number of carbonyl (C=O) groups excluding carboxylic acids is 1. The van der Waals surface area contributed by atoms with Gasteiger partial charge < -0.3 is 5.32 Å². The van der Waals surface area contributed by atoms with Gasteiger partial charge in [-0.25, -0.2) is 4.39 Å². The highest BCUT2D eigenvalue weighted by atomic mass is 79.9. The average molecular weight is 357 g/mol. The van der Waals surface area contributed by atoms with Crippen molar-refractivity contribution in [2.75, 3.05) is 0 Å². The van der Waals surface area contributed by atoms with Crippen LogP contribution in [-0.4, -0.2) is 5.91 Å². The minimum atomic E-state index is -0.321. The predicted octanol–water partition coefficient (Wildman–Crippen LogP) is 4.73. The third-order valence-corrected chi connectivity index (χ3v) is 4.09. The lowest BCUT2D eigenvalue weighted by atomic mass is 10.1. The molecule has 2 aromatic rings. The molecule has 2 rings (SSSR count). The van der Waals surface area contributed by atoms with Crippen LogP contribution in [-0.2, 0) is 0 Å². The van der Waals surface area contributed by atoms with E-state index in [1.807, 2.05) is 0 Å². The number of halogens is 3. The first-order chi connectivity index (χ1) is 9.47. The van der Waals surface area contributed by atoms with Gasteiger partial charge in [0.2, 0.25) is 0 Å². The minimum absolute atomic E-state index is 0.237. The summed E-state index contributed by atoms with van der Waals surface area (Å²) in [6.45, 7) is 1.80. The fraction of sp³-hybridized carbons (Fsp3) is 0.133. The number of benzene rings is 2. The van der Waals surface area contributed by atoms with Crippen molar-refractivity contribution in [1.29, 1.82) is 0 Å². The van der Waals surface area contributed by atoms with Crippen LogP contribution < -0.4 is 5.32 Å². The van der Waals surface area contributed by atoms with Crippen LogP contribution in [0.1, 0.15) is 28.9 Å². The zero-order valence-electron chi connectivity index (χ0n) is 10.7. The molecule has 2 aromatic carbocycles. The molecule has 1 unspecified atom stereocenters. The van der Waals surface area contributed by atoms with Gasteiger partial charge in [0.1, 0.15) is 5.82 Å². The number of amides is 1. The fourth-order valence-corrected chi connectivity index (χ4v) is 2.27. The maximum atomic E-state index is 13.2. The molecule has 2 nitrogen and oxygen atoms in total. The van der Waals surface area contributed by atoms with E-state index in [4.69, 9.17) is 11.6 Å². The largest absolute Gasteiger partial charge is 0.346 e. The Morgan fingerprint density at radius 2 is 2.05 bits per heavy atom. The maximum absolute atomic E-state index is 13.2. The Kier molecular flexibility index (Phi) is 4.78. The molecule has 1 atom stereocenters. The molecule has 20 heavy (non-hydrogen) atoms. The highest BCUT2D eigenvalue weighted by molar-refractivity contribution is 9.10. The van der Waals surface area contributed by atoms with Gasteiger partial charge in [-0.2, -0.15) is 0 Å². The molecule has 0 saturated heterocycles. The second-order valence-electron chi connectivity index (χ2n) is 4.38. The summed E-state index contributed by atoms with van der Waals surface area (Å²) < 4.78 is 13.8. The highest BCUT2D eigenvalue weighted by Crippen LogP contribution is 2.23. The number of nitrogens with one attached hydrogen (secondary N) is 1. The van der Waals surface area contributed by atoms with Crippen molar-refractivity contribution in [3.8, 4) is 0 Å². The Morgan fingerprint density at radius 3 is 2.70 bits per heavy atom. The zero-order chi connectivity index (χ0) is 14.7. The molecule has 0 heterocycles. The van der Waals surface area contributed by atoms with Crippen LogP contribution >= 0.6 is 27.5 Å². The van der Waals surface area contributed by atoms with Gasteiger partial charge >= 0.3 is 0 Å². The molecule has 5 heteroatoms. The van der Waals surface area contributed by atoms with Gasteiger partial charge in [0.15, 0.2) is 0 Å². The summed E-state index contributed by atoms with van der Waals surface area (Å²) in [6.07, 6.45) is 0. The van der Waals surface area contributed by atoms with Crippen LogP contribution in [0.3, 0.4) is 0 Å². The van der Waals surface area contributed by atoms with Crippen LogP contribution in [0, 0.1) is 5.82 Å². The fourth-order valence-electron chi connectivity index (χ4n) is 1.78. The van der Waals surface area contributed by atoms with Crippen LogP contribution in [0.5, 0.6) is 0 Å². The Balaban J connectivity index is 2.13. The summed E-state index contributed by atoms with van der Waals surface area (Å²) in [5.74, 6) is -0.558. The number of hydrogen-bond donors (Lipinski definition) is 1. The minimum Gasteiger partial charge on any atom is -0.346 e. The van der Waals surface area contributed by atoms with Crippen molar-refractivity contribution >= 4 is 33.4 Å². The van der Waals surface area contributed by atoms with Gasteiger partial charge in [-0.3, -0.25) is 4.79 Å². The van der Waals surface area contributed by atoms with Crippen molar-refractivity contribution in [2.24, 2.45) is 0 Å². The Labute approximate surface area is 130 Å². The van der Waals surface area contributed by atoms with E-state index in [0.29, 0.717) is 20.6 Å². The van der Waals surface area contributed by atoms with Crippen molar-refractivity contribution in [3.63, 3.8) is 0 Å². The maximum Gasteiger partial charge on any atom is 0.251 e. The molecule has 0 aliphatic rings. The lowest BCUT2D eigenvalue weighted by molar-refractivity contribution is 0.0939. The van der Waals surface area contributed by atoms with Gasteiger partial charge in [0.25, 0.3) is 5.91 Å². The summed E-state index contributed by atoms with van der Waals surface area (Å²) in [5, 5.41) is 3.36. The third-order valence-electron chi connectivity index (χ3n) is 2.88. The molecule has 1 amide bonds. The van der Waals surface area contributed by atoms with E-state index in [0.717, 1.165) is 0 Å². The quantitative estimate of drug-likeness (QED) is 0.846. The Morgan fingerprint density at radius 1 is 1.30 bits per heavy atom. The lowest BCUT2D eigenvalue weighted by Gasteiger charge is -2.14. The normalized spacial score (nSPS) is 12.0. The second kappa shape index (κ2) is 6.37.